The largest absolute Gasteiger partial charge is 0.507 e. The minimum Gasteiger partial charge on any atom is -0.507 e. The lowest BCUT2D eigenvalue weighted by atomic mass is 10.0. The van der Waals surface area contributed by atoms with Gasteiger partial charge in [-0.1, -0.05) is 48.0 Å². The Morgan fingerprint density at radius 2 is 1.70 bits per heavy atom. The van der Waals surface area contributed by atoms with Crippen LogP contribution in [-0.4, -0.2) is 41.5 Å². The van der Waals surface area contributed by atoms with Gasteiger partial charge in [-0.25, -0.2) is 0 Å². The number of rotatable bonds is 2. The Labute approximate surface area is 157 Å². The minimum absolute atomic E-state index is 0.00459. The highest BCUT2D eigenvalue weighted by atomic mass is 16.3. The van der Waals surface area contributed by atoms with Crippen molar-refractivity contribution < 1.29 is 14.7 Å². The molecule has 3 aromatic rings. The van der Waals surface area contributed by atoms with E-state index in [9.17, 15) is 14.7 Å². The van der Waals surface area contributed by atoms with E-state index in [1.807, 2.05) is 55.5 Å². The summed E-state index contributed by atoms with van der Waals surface area (Å²) in [6.45, 7) is 2.84. The van der Waals surface area contributed by atoms with E-state index in [1.165, 1.54) is 11.0 Å². The Morgan fingerprint density at radius 3 is 2.44 bits per heavy atom. The van der Waals surface area contributed by atoms with Gasteiger partial charge in [-0.2, -0.15) is 0 Å². The number of fused-ring (bicyclic) bond motifs is 1. The average Bonchev–Trinajstić information content (AvgIpc) is 2.68. The number of amides is 2. The summed E-state index contributed by atoms with van der Waals surface area (Å²) in [6, 6.07) is 18.5. The van der Waals surface area contributed by atoms with Gasteiger partial charge >= 0.3 is 0 Å². The van der Waals surface area contributed by atoms with Gasteiger partial charge in [0.2, 0.25) is 5.91 Å². The zero-order chi connectivity index (χ0) is 19.0. The molecule has 4 rings (SSSR count). The molecule has 1 aliphatic rings. The average molecular weight is 360 g/mol. The maximum Gasteiger partial charge on any atom is 0.258 e. The van der Waals surface area contributed by atoms with Gasteiger partial charge in [0.1, 0.15) is 12.3 Å². The van der Waals surface area contributed by atoms with E-state index in [0.717, 1.165) is 16.6 Å². The molecule has 0 bridgehead atoms. The molecule has 136 valence electrons. The molecule has 1 N–H and O–H groups in total. The fourth-order valence-corrected chi connectivity index (χ4v) is 3.49. The predicted molar refractivity (Wildman–Crippen MR) is 105 cm³/mol. The van der Waals surface area contributed by atoms with Crippen LogP contribution in [0.5, 0.6) is 5.75 Å². The van der Waals surface area contributed by atoms with Crippen LogP contribution >= 0.6 is 0 Å². The van der Waals surface area contributed by atoms with E-state index in [0.29, 0.717) is 18.5 Å². The highest BCUT2D eigenvalue weighted by Gasteiger charge is 2.30. The molecule has 0 aliphatic carbocycles. The number of benzene rings is 3. The third-order valence-corrected chi connectivity index (χ3v) is 4.97. The molecule has 1 aliphatic heterocycles. The van der Waals surface area contributed by atoms with Crippen LogP contribution in [0.15, 0.2) is 60.7 Å². The number of aryl methyl sites for hydroxylation is 1. The van der Waals surface area contributed by atoms with E-state index < -0.39 is 0 Å². The summed E-state index contributed by atoms with van der Waals surface area (Å²) in [5.41, 5.74) is 2.22. The molecule has 0 radical (unpaired) electrons. The Morgan fingerprint density at radius 1 is 0.963 bits per heavy atom. The summed E-state index contributed by atoms with van der Waals surface area (Å²) < 4.78 is 0. The maximum atomic E-state index is 13.1. The molecule has 0 saturated carbocycles. The van der Waals surface area contributed by atoms with Gasteiger partial charge < -0.3 is 14.9 Å². The number of nitrogens with zero attached hydrogens (tertiary/aromatic N) is 2. The molecule has 1 fully saturated rings. The zero-order valence-corrected chi connectivity index (χ0v) is 15.1. The van der Waals surface area contributed by atoms with Crippen molar-refractivity contribution in [2.75, 3.05) is 24.5 Å². The smallest absolute Gasteiger partial charge is 0.258 e. The molecule has 2 amide bonds. The Balaban J connectivity index is 1.59. The first-order valence-corrected chi connectivity index (χ1v) is 8.91. The Hall–Kier alpha value is -3.34. The number of hydrogen-bond donors (Lipinski definition) is 1. The molecule has 5 nitrogen and oxygen atoms in total. The van der Waals surface area contributed by atoms with Gasteiger partial charge in [0.25, 0.3) is 5.91 Å². The summed E-state index contributed by atoms with van der Waals surface area (Å²) in [7, 11) is 0. The summed E-state index contributed by atoms with van der Waals surface area (Å²) in [5.74, 6) is -0.508. The molecule has 1 heterocycles. The summed E-state index contributed by atoms with van der Waals surface area (Å²) in [5, 5.41) is 11.9. The number of phenolic OH excluding ortho intramolecular Hbond substituents is 1. The van der Waals surface area contributed by atoms with E-state index >= 15 is 0 Å². The first kappa shape index (κ1) is 17.1. The van der Waals surface area contributed by atoms with Crippen LogP contribution in [0, 0.1) is 6.92 Å². The molecule has 5 heteroatoms. The number of phenols is 1. The van der Waals surface area contributed by atoms with Gasteiger partial charge in [0, 0.05) is 18.8 Å². The van der Waals surface area contributed by atoms with Gasteiger partial charge in [0.15, 0.2) is 0 Å². The highest BCUT2D eigenvalue weighted by Crippen LogP contribution is 2.29. The fourth-order valence-electron chi connectivity index (χ4n) is 3.49. The lowest BCUT2D eigenvalue weighted by Gasteiger charge is -2.34. The zero-order valence-electron chi connectivity index (χ0n) is 15.1. The molecular weight excluding hydrogens is 340 g/mol. The first-order chi connectivity index (χ1) is 13.0. The Kier molecular flexibility index (Phi) is 4.28. The standard InChI is InChI=1S/C22H20N2O3/c1-15-6-9-17(10-7-15)24-13-12-23(14-20(24)26)22(27)21-18-5-3-2-4-16(18)8-11-19(21)25/h2-11,25H,12-14H2,1H3. The Bertz CT molecular complexity index is 1030. The van der Waals surface area contributed by atoms with Crippen molar-refractivity contribution in [3.8, 4) is 5.75 Å². The fraction of sp³-hybridized carbons (Fsp3) is 0.182. The van der Waals surface area contributed by atoms with Crippen LogP contribution < -0.4 is 4.90 Å². The SMILES string of the molecule is Cc1ccc(N2CCN(C(=O)c3c(O)ccc4ccccc34)CC2=O)cc1. The topological polar surface area (TPSA) is 60.9 Å². The van der Waals surface area contributed by atoms with Crippen LogP contribution in [0.4, 0.5) is 5.69 Å². The van der Waals surface area contributed by atoms with Crippen molar-refractivity contribution in [1.29, 1.82) is 0 Å². The first-order valence-electron chi connectivity index (χ1n) is 8.91. The van der Waals surface area contributed by atoms with Crippen molar-refractivity contribution in [1.82, 2.24) is 4.90 Å². The summed E-state index contributed by atoms with van der Waals surface area (Å²) in [6.07, 6.45) is 0. The maximum absolute atomic E-state index is 13.1. The monoisotopic (exact) mass is 360 g/mol. The molecule has 3 aromatic carbocycles. The van der Waals surface area contributed by atoms with Crippen LogP contribution in [0.1, 0.15) is 15.9 Å². The van der Waals surface area contributed by atoms with Crippen LogP contribution in [0.3, 0.4) is 0 Å². The lowest BCUT2D eigenvalue weighted by molar-refractivity contribution is -0.120. The second-order valence-corrected chi connectivity index (χ2v) is 6.79. The second kappa shape index (κ2) is 6.76. The van der Waals surface area contributed by atoms with E-state index in [4.69, 9.17) is 0 Å². The van der Waals surface area contributed by atoms with E-state index in [2.05, 4.69) is 0 Å². The molecule has 0 atom stereocenters. The number of carbonyl (C=O) groups excluding carboxylic acids is 2. The molecule has 0 spiro atoms. The quantitative estimate of drug-likeness (QED) is 0.762. The van der Waals surface area contributed by atoms with Gasteiger partial charge in [-0.3, -0.25) is 9.59 Å². The van der Waals surface area contributed by atoms with E-state index in [-0.39, 0.29) is 29.7 Å². The van der Waals surface area contributed by atoms with Gasteiger partial charge in [-0.15, -0.1) is 0 Å². The van der Waals surface area contributed by atoms with Crippen molar-refractivity contribution in [2.45, 2.75) is 6.92 Å². The highest BCUT2D eigenvalue weighted by molar-refractivity contribution is 6.11. The number of hydrogen-bond acceptors (Lipinski definition) is 3. The third-order valence-electron chi connectivity index (χ3n) is 4.97. The third kappa shape index (κ3) is 3.12. The second-order valence-electron chi connectivity index (χ2n) is 6.79. The van der Waals surface area contributed by atoms with Crippen molar-refractivity contribution in [3.63, 3.8) is 0 Å². The number of piperazine rings is 1. The number of anilines is 1. The molecular formula is C22H20N2O3. The van der Waals surface area contributed by atoms with Gasteiger partial charge in [-0.05, 0) is 35.9 Å². The summed E-state index contributed by atoms with van der Waals surface area (Å²) in [4.78, 5) is 28.9. The molecule has 0 aromatic heterocycles. The van der Waals surface area contributed by atoms with Crippen LogP contribution in [0.25, 0.3) is 10.8 Å². The normalized spacial score (nSPS) is 14.6. The summed E-state index contributed by atoms with van der Waals surface area (Å²) >= 11 is 0. The van der Waals surface area contributed by atoms with Crippen molar-refractivity contribution in [2.24, 2.45) is 0 Å². The van der Waals surface area contributed by atoms with Crippen LogP contribution in [-0.2, 0) is 4.79 Å². The van der Waals surface area contributed by atoms with Crippen molar-refractivity contribution in [3.05, 3.63) is 71.8 Å². The molecule has 1 saturated heterocycles. The number of aromatic hydroxyl groups is 1. The predicted octanol–water partition coefficient (Wildman–Crippen LogP) is 3.34. The molecule has 0 unspecified atom stereocenters. The van der Waals surface area contributed by atoms with Gasteiger partial charge in [0.05, 0.1) is 5.56 Å². The molecule has 27 heavy (non-hydrogen) atoms. The number of carbonyl (C=O) groups is 2. The lowest BCUT2D eigenvalue weighted by Crippen LogP contribution is -2.52. The van der Waals surface area contributed by atoms with Crippen molar-refractivity contribution >= 4 is 28.3 Å². The van der Waals surface area contributed by atoms with E-state index in [1.54, 1.807) is 11.0 Å². The minimum atomic E-state index is -0.318. The van der Waals surface area contributed by atoms with Crippen LogP contribution in [0.2, 0.25) is 0 Å².